The summed E-state index contributed by atoms with van der Waals surface area (Å²) in [7, 11) is 4.51. The molecule has 2 rings (SSSR count). The third-order valence-corrected chi connectivity index (χ3v) is 2.79. The zero-order valence-electron chi connectivity index (χ0n) is 10.6. The fourth-order valence-electron chi connectivity index (χ4n) is 1.94. The Bertz CT molecular complexity index is 467. The van der Waals surface area contributed by atoms with Crippen molar-refractivity contribution in [2.45, 2.75) is 6.29 Å². The van der Waals surface area contributed by atoms with Crippen LogP contribution in [0.2, 0.25) is 0 Å². The average molecular weight is 252 g/mol. The van der Waals surface area contributed by atoms with Crippen LogP contribution < -0.4 is 14.2 Å². The summed E-state index contributed by atoms with van der Waals surface area (Å²) in [6, 6.07) is 1.69. The molecule has 0 aromatic heterocycles. The van der Waals surface area contributed by atoms with Gasteiger partial charge in [0.15, 0.2) is 17.8 Å². The van der Waals surface area contributed by atoms with Gasteiger partial charge in [-0.2, -0.15) is 0 Å². The molecular formula is C13H16O5. The second-order valence-electron chi connectivity index (χ2n) is 3.75. The molecule has 1 heterocycles. The van der Waals surface area contributed by atoms with Crippen molar-refractivity contribution in [2.75, 3.05) is 27.9 Å². The summed E-state index contributed by atoms with van der Waals surface area (Å²) < 4.78 is 21.0. The molecule has 0 aliphatic carbocycles. The molecule has 0 fully saturated rings. The number of hydrogen-bond donors (Lipinski definition) is 1. The first-order chi connectivity index (χ1) is 8.72. The van der Waals surface area contributed by atoms with E-state index in [1.54, 1.807) is 13.2 Å². The summed E-state index contributed by atoms with van der Waals surface area (Å²) >= 11 is 0. The maximum absolute atomic E-state index is 9.86. The van der Waals surface area contributed by atoms with Gasteiger partial charge in [-0.15, -0.1) is 0 Å². The predicted molar refractivity (Wildman–Crippen MR) is 66.0 cm³/mol. The quantitative estimate of drug-likeness (QED) is 0.827. The van der Waals surface area contributed by atoms with E-state index in [-0.39, 0.29) is 0 Å². The Kier molecular flexibility index (Phi) is 3.74. The van der Waals surface area contributed by atoms with E-state index >= 15 is 0 Å². The lowest BCUT2D eigenvalue weighted by Crippen LogP contribution is -2.10. The molecular weight excluding hydrogens is 236 g/mol. The Hall–Kier alpha value is -1.72. The van der Waals surface area contributed by atoms with Crippen molar-refractivity contribution in [2.24, 2.45) is 0 Å². The molecule has 0 amide bonds. The maximum Gasteiger partial charge on any atom is 0.203 e. The number of ether oxygens (including phenoxy) is 4. The lowest BCUT2D eigenvalue weighted by atomic mass is 10.0. The maximum atomic E-state index is 9.86. The van der Waals surface area contributed by atoms with Gasteiger partial charge < -0.3 is 24.1 Å². The van der Waals surface area contributed by atoms with Crippen molar-refractivity contribution >= 4 is 6.08 Å². The highest BCUT2D eigenvalue weighted by Gasteiger charge is 2.24. The van der Waals surface area contributed by atoms with Crippen molar-refractivity contribution in [1.82, 2.24) is 0 Å². The zero-order valence-corrected chi connectivity index (χ0v) is 10.6. The average Bonchev–Trinajstić information content (AvgIpc) is 2.44. The second-order valence-corrected chi connectivity index (χ2v) is 3.75. The Labute approximate surface area is 106 Å². The topological polar surface area (TPSA) is 57.2 Å². The van der Waals surface area contributed by atoms with E-state index in [0.717, 1.165) is 5.56 Å². The highest BCUT2D eigenvalue weighted by molar-refractivity contribution is 5.71. The number of benzene rings is 1. The van der Waals surface area contributed by atoms with Gasteiger partial charge in [0.1, 0.15) is 6.61 Å². The summed E-state index contributed by atoms with van der Waals surface area (Å²) in [6.07, 6.45) is 2.70. The van der Waals surface area contributed by atoms with Crippen LogP contribution in [0.5, 0.6) is 17.2 Å². The van der Waals surface area contributed by atoms with Gasteiger partial charge in [0.05, 0.1) is 14.2 Å². The molecule has 5 heteroatoms. The molecule has 1 aromatic carbocycles. The Morgan fingerprint density at radius 2 is 2.06 bits per heavy atom. The number of hydrogen-bond acceptors (Lipinski definition) is 5. The molecule has 1 aliphatic heterocycles. The summed E-state index contributed by atoms with van der Waals surface area (Å²) in [5.74, 6) is 1.58. The highest BCUT2D eigenvalue weighted by Crippen LogP contribution is 2.45. The van der Waals surface area contributed by atoms with E-state index in [1.165, 1.54) is 14.2 Å². The first-order valence-electron chi connectivity index (χ1n) is 5.52. The first-order valence-corrected chi connectivity index (χ1v) is 5.52. The van der Waals surface area contributed by atoms with Gasteiger partial charge in [-0.3, -0.25) is 0 Å². The van der Waals surface area contributed by atoms with Crippen LogP contribution in [-0.2, 0) is 4.74 Å². The van der Waals surface area contributed by atoms with Crippen LogP contribution in [0.3, 0.4) is 0 Å². The first kappa shape index (κ1) is 12.7. The molecule has 5 nitrogen and oxygen atoms in total. The molecule has 0 saturated carbocycles. The molecule has 0 radical (unpaired) electrons. The molecule has 1 unspecified atom stereocenters. The fraction of sp³-hybridized carbons (Fsp3) is 0.385. The highest BCUT2D eigenvalue weighted by atomic mass is 16.6. The van der Waals surface area contributed by atoms with Gasteiger partial charge in [0.2, 0.25) is 5.75 Å². The molecule has 1 N–H and O–H groups in total. The Balaban J connectivity index is 2.65. The minimum absolute atomic E-state index is 0.457. The van der Waals surface area contributed by atoms with Crippen molar-refractivity contribution in [1.29, 1.82) is 0 Å². The van der Waals surface area contributed by atoms with Gasteiger partial charge >= 0.3 is 0 Å². The zero-order chi connectivity index (χ0) is 13.1. The number of aliphatic hydroxyl groups excluding tert-OH is 1. The molecule has 0 saturated heterocycles. The van der Waals surface area contributed by atoms with Gasteiger partial charge in [0, 0.05) is 18.2 Å². The molecule has 1 aliphatic rings. The lowest BCUT2D eigenvalue weighted by molar-refractivity contribution is -0.0773. The summed E-state index contributed by atoms with van der Waals surface area (Å²) in [6.45, 7) is 0.457. The van der Waals surface area contributed by atoms with Crippen LogP contribution in [0.25, 0.3) is 6.08 Å². The van der Waals surface area contributed by atoms with Crippen molar-refractivity contribution in [3.05, 3.63) is 23.3 Å². The van der Waals surface area contributed by atoms with Crippen LogP contribution in [-0.4, -0.2) is 33.0 Å². The standard InChI is InChI=1S/C13H16O5/c1-15-10-7-9(13(14)17-3)8-5-4-6-18-11(8)12(10)16-2/h4-5,7,13-14H,6H2,1-3H3. The molecule has 18 heavy (non-hydrogen) atoms. The monoisotopic (exact) mass is 252 g/mol. The SMILES string of the molecule is COc1cc(C(O)OC)c2c(c1OC)OCC=C2. The van der Waals surface area contributed by atoms with Gasteiger partial charge in [-0.25, -0.2) is 0 Å². The normalized spacial score (nSPS) is 14.7. The van der Waals surface area contributed by atoms with Gasteiger partial charge in [-0.05, 0) is 12.1 Å². The molecule has 0 bridgehead atoms. The summed E-state index contributed by atoms with van der Waals surface area (Å²) in [5, 5.41) is 9.86. The van der Waals surface area contributed by atoms with E-state index in [0.29, 0.717) is 29.4 Å². The summed E-state index contributed by atoms with van der Waals surface area (Å²) in [5.41, 5.74) is 1.33. The minimum atomic E-state index is -1.04. The van der Waals surface area contributed by atoms with Crippen LogP contribution in [0, 0.1) is 0 Å². The van der Waals surface area contributed by atoms with Crippen molar-refractivity contribution in [3.8, 4) is 17.2 Å². The Morgan fingerprint density at radius 1 is 1.28 bits per heavy atom. The Morgan fingerprint density at radius 3 is 2.67 bits per heavy atom. The smallest absolute Gasteiger partial charge is 0.203 e. The predicted octanol–water partition coefficient (Wildman–Crippen LogP) is 1.75. The van der Waals surface area contributed by atoms with Crippen molar-refractivity contribution < 1.29 is 24.1 Å². The number of methoxy groups -OCH3 is 3. The second kappa shape index (κ2) is 5.29. The lowest BCUT2D eigenvalue weighted by Gasteiger charge is -2.22. The third-order valence-electron chi connectivity index (χ3n) is 2.79. The summed E-state index contributed by atoms with van der Waals surface area (Å²) in [4.78, 5) is 0. The van der Waals surface area contributed by atoms with Crippen LogP contribution in [0.1, 0.15) is 17.4 Å². The minimum Gasteiger partial charge on any atom is -0.493 e. The van der Waals surface area contributed by atoms with Crippen LogP contribution in [0.15, 0.2) is 12.1 Å². The van der Waals surface area contributed by atoms with E-state index in [2.05, 4.69) is 0 Å². The molecule has 98 valence electrons. The molecule has 0 spiro atoms. The number of rotatable bonds is 4. The largest absolute Gasteiger partial charge is 0.493 e. The van der Waals surface area contributed by atoms with Gasteiger partial charge in [-0.1, -0.05) is 6.08 Å². The van der Waals surface area contributed by atoms with E-state index in [9.17, 15) is 5.11 Å². The molecule has 1 atom stereocenters. The van der Waals surface area contributed by atoms with Crippen molar-refractivity contribution in [3.63, 3.8) is 0 Å². The van der Waals surface area contributed by atoms with Crippen LogP contribution >= 0.6 is 0 Å². The number of aliphatic hydroxyl groups is 1. The number of fused-ring (bicyclic) bond motifs is 1. The fourth-order valence-corrected chi connectivity index (χ4v) is 1.94. The molecule has 1 aromatic rings. The third kappa shape index (κ3) is 2.02. The van der Waals surface area contributed by atoms with E-state index in [1.807, 2.05) is 12.2 Å². The van der Waals surface area contributed by atoms with E-state index in [4.69, 9.17) is 18.9 Å². The van der Waals surface area contributed by atoms with E-state index < -0.39 is 6.29 Å². The van der Waals surface area contributed by atoms with Gasteiger partial charge in [0.25, 0.3) is 0 Å². The van der Waals surface area contributed by atoms with Crippen LogP contribution in [0.4, 0.5) is 0 Å².